The van der Waals surface area contributed by atoms with Crippen LogP contribution in [0.25, 0.3) is 0 Å². The van der Waals surface area contributed by atoms with E-state index in [9.17, 15) is 9.59 Å². The molecule has 13 heavy (non-hydrogen) atoms. The zero-order chi connectivity index (χ0) is 10.4. The first-order valence-corrected chi connectivity index (χ1v) is 3.26. The van der Waals surface area contributed by atoms with Crippen molar-refractivity contribution in [2.75, 3.05) is 14.2 Å². The van der Waals surface area contributed by atoms with Crippen LogP contribution in [0, 0.1) is 0 Å². The summed E-state index contributed by atoms with van der Waals surface area (Å²) in [5, 5.41) is 16.9. The summed E-state index contributed by atoms with van der Waals surface area (Å²) in [7, 11) is 2.43. The fourth-order valence-electron chi connectivity index (χ4n) is 0.714. The van der Waals surface area contributed by atoms with Crippen LogP contribution in [-0.2, 0) is 19.1 Å². The third kappa shape index (κ3) is 3.68. The Hall–Kier alpha value is -1.40. The summed E-state index contributed by atoms with van der Waals surface area (Å²) >= 11 is 0. The molecule has 6 nitrogen and oxygen atoms in total. The number of hydrogen-bond donors (Lipinski definition) is 2. The van der Waals surface area contributed by atoms with Crippen molar-refractivity contribution in [3.05, 3.63) is 11.6 Å². The molecule has 74 valence electrons. The van der Waals surface area contributed by atoms with Gasteiger partial charge in [0.2, 0.25) is 0 Å². The smallest absolute Gasteiger partial charge is 0.337 e. The zero-order valence-electron chi connectivity index (χ0n) is 7.18. The van der Waals surface area contributed by atoms with Crippen LogP contribution < -0.4 is 0 Å². The monoisotopic (exact) mass is 190 g/mol. The Morgan fingerprint density at radius 2 is 1.69 bits per heavy atom. The topological polar surface area (TPSA) is 93.1 Å². The fourth-order valence-corrected chi connectivity index (χ4v) is 0.714. The van der Waals surface area contributed by atoms with E-state index in [2.05, 4.69) is 9.47 Å². The van der Waals surface area contributed by atoms with Gasteiger partial charge in [0.1, 0.15) is 0 Å². The van der Waals surface area contributed by atoms with E-state index in [-0.39, 0.29) is 0 Å². The standard InChI is InChI=1S/C7H10O6/c1-12-7(13-2)4(6(10)11)3-5(8)9/h3,7H,1-2H3,(H,8,9)(H,10,11). The molecule has 0 aliphatic carbocycles. The molecule has 0 rings (SSSR count). The average Bonchev–Trinajstić information content (AvgIpc) is 2.04. The van der Waals surface area contributed by atoms with Crippen molar-refractivity contribution < 1.29 is 29.3 Å². The van der Waals surface area contributed by atoms with Gasteiger partial charge in [-0.15, -0.1) is 0 Å². The number of carboxylic acids is 2. The Balaban J connectivity index is 4.78. The second-order valence-electron chi connectivity index (χ2n) is 2.05. The third-order valence-corrected chi connectivity index (χ3v) is 1.21. The van der Waals surface area contributed by atoms with Crippen molar-refractivity contribution in [3.8, 4) is 0 Å². The van der Waals surface area contributed by atoms with E-state index in [4.69, 9.17) is 10.2 Å². The number of carbonyl (C=O) groups is 2. The van der Waals surface area contributed by atoms with E-state index >= 15 is 0 Å². The lowest BCUT2D eigenvalue weighted by molar-refractivity contribution is -0.141. The van der Waals surface area contributed by atoms with E-state index in [0.717, 1.165) is 0 Å². The Labute approximate surface area is 74.4 Å². The number of hydrogen-bond acceptors (Lipinski definition) is 4. The molecular formula is C7H10O6. The van der Waals surface area contributed by atoms with Crippen LogP contribution in [0.4, 0.5) is 0 Å². The molecule has 0 heterocycles. The van der Waals surface area contributed by atoms with Crippen LogP contribution >= 0.6 is 0 Å². The molecule has 0 aromatic rings. The van der Waals surface area contributed by atoms with Gasteiger partial charge in [0, 0.05) is 20.3 Å². The SMILES string of the molecule is COC(OC)C(=CC(=O)O)C(=O)O. The molecule has 0 spiro atoms. The van der Waals surface area contributed by atoms with Gasteiger partial charge >= 0.3 is 11.9 Å². The average molecular weight is 190 g/mol. The molecule has 2 N–H and O–H groups in total. The van der Waals surface area contributed by atoms with E-state index in [1.165, 1.54) is 14.2 Å². The highest BCUT2D eigenvalue weighted by molar-refractivity contribution is 5.95. The number of carboxylic acid groups (broad SMARTS) is 2. The summed E-state index contributed by atoms with van der Waals surface area (Å²) < 4.78 is 9.18. The molecular weight excluding hydrogens is 180 g/mol. The van der Waals surface area contributed by atoms with Gasteiger partial charge in [0.15, 0.2) is 6.29 Å². The molecule has 0 aliphatic heterocycles. The molecule has 0 radical (unpaired) electrons. The minimum absolute atomic E-state index is 0.461. The molecule has 0 aliphatic rings. The predicted octanol–water partition coefficient (Wildman–Crippen LogP) is -0.299. The zero-order valence-corrected chi connectivity index (χ0v) is 7.18. The maximum Gasteiger partial charge on any atom is 0.337 e. The highest BCUT2D eigenvalue weighted by atomic mass is 16.7. The first-order valence-electron chi connectivity index (χ1n) is 3.26. The lowest BCUT2D eigenvalue weighted by Crippen LogP contribution is -2.23. The van der Waals surface area contributed by atoms with Gasteiger partial charge in [-0.1, -0.05) is 0 Å². The van der Waals surface area contributed by atoms with E-state index in [1.54, 1.807) is 0 Å². The maximum absolute atomic E-state index is 10.5. The number of aliphatic carboxylic acids is 2. The number of ether oxygens (including phenoxy) is 2. The molecule has 0 bridgehead atoms. The Bertz CT molecular complexity index is 227. The second kappa shape index (κ2) is 5.28. The predicted molar refractivity (Wildman–Crippen MR) is 41.2 cm³/mol. The molecule has 0 fully saturated rings. The van der Waals surface area contributed by atoms with Gasteiger partial charge in [-0.05, 0) is 0 Å². The second-order valence-corrected chi connectivity index (χ2v) is 2.05. The van der Waals surface area contributed by atoms with Crippen molar-refractivity contribution in [1.29, 1.82) is 0 Å². The summed E-state index contributed by atoms with van der Waals surface area (Å²) in [6, 6.07) is 0. The van der Waals surface area contributed by atoms with Crippen LogP contribution in [-0.4, -0.2) is 42.7 Å². The molecule has 0 aromatic carbocycles. The van der Waals surface area contributed by atoms with Gasteiger partial charge in [0.05, 0.1) is 5.57 Å². The first-order chi connectivity index (χ1) is 6.02. The number of rotatable bonds is 5. The molecule has 0 aromatic heterocycles. The Kier molecular flexibility index (Phi) is 4.71. The Morgan fingerprint density at radius 3 is 1.92 bits per heavy atom. The Morgan fingerprint density at radius 1 is 1.23 bits per heavy atom. The van der Waals surface area contributed by atoms with Crippen LogP contribution in [0.1, 0.15) is 0 Å². The summed E-state index contributed by atoms with van der Waals surface area (Å²) in [6.07, 6.45) is -0.645. The first kappa shape index (κ1) is 11.6. The lowest BCUT2D eigenvalue weighted by atomic mass is 10.2. The summed E-state index contributed by atoms with van der Waals surface area (Å²) in [5.41, 5.74) is -0.461. The quantitative estimate of drug-likeness (QED) is 0.456. The van der Waals surface area contributed by atoms with Gasteiger partial charge in [-0.25, -0.2) is 9.59 Å². The molecule has 0 atom stereocenters. The van der Waals surface area contributed by atoms with Crippen molar-refractivity contribution in [1.82, 2.24) is 0 Å². The van der Waals surface area contributed by atoms with Crippen molar-refractivity contribution in [3.63, 3.8) is 0 Å². The van der Waals surface area contributed by atoms with Gasteiger partial charge < -0.3 is 19.7 Å². The van der Waals surface area contributed by atoms with Gasteiger partial charge in [-0.2, -0.15) is 0 Å². The van der Waals surface area contributed by atoms with E-state index in [1.807, 2.05) is 0 Å². The minimum Gasteiger partial charge on any atom is -0.478 e. The van der Waals surface area contributed by atoms with E-state index in [0.29, 0.717) is 6.08 Å². The number of methoxy groups -OCH3 is 2. The molecule has 0 amide bonds. The lowest BCUT2D eigenvalue weighted by Gasteiger charge is -2.12. The third-order valence-electron chi connectivity index (χ3n) is 1.21. The van der Waals surface area contributed by atoms with Crippen molar-refractivity contribution in [2.24, 2.45) is 0 Å². The van der Waals surface area contributed by atoms with Gasteiger partial charge in [0.25, 0.3) is 0 Å². The highest BCUT2D eigenvalue weighted by Gasteiger charge is 2.20. The van der Waals surface area contributed by atoms with Crippen molar-refractivity contribution in [2.45, 2.75) is 6.29 Å². The summed E-state index contributed by atoms with van der Waals surface area (Å²) in [4.78, 5) is 20.7. The maximum atomic E-state index is 10.5. The van der Waals surface area contributed by atoms with Crippen LogP contribution in [0.15, 0.2) is 11.6 Å². The van der Waals surface area contributed by atoms with Crippen LogP contribution in [0.5, 0.6) is 0 Å². The molecule has 0 saturated heterocycles. The fraction of sp³-hybridized carbons (Fsp3) is 0.429. The van der Waals surface area contributed by atoms with E-state index < -0.39 is 23.8 Å². The molecule has 0 saturated carbocycles. The largest absolute Gasteiger partial charge is 0.478 e. The van der Waals surface area contributed by atoms with Crippen LogP contribution in [0.3, 0.4) is 0 Å². The molecule has 6 heteroatoms. The van der Waals surface area contributed by atoms with Crippen molar-refractivity contribution >= 4 is 11.9 Å². The minimum atomic E-state index is -1.39. The van der Waals surface area contributed by atoms with Gasteiger partial charge in [-0.3, -0.25) is 0 Å². The normalized spacial score (nSPS) is 11.8. The van der Waals surface area contributed by atoms with Crippen LogP contribution in [0.2, 0.25) is 0 Å². The highest BCUT2D eigenvalue weighted by Crippen LogP contribution is 2.06. The summed E-state index contributed by atoms with van der Waals surface area (Å²) in [6.45, 7) is 0. The summed E-state index contributed by atoms with van der Waals surface area (Å²) in [5.74, 6) is -2.76. The molecule has 0 unspecified atom stereocenters.